The third-order valence-corrected chi connectivity index (χ3v) is 8.75. The molecule has 0 spiro atoms. The first-order valence-corrected chi connectivity index (χ1v) is 14.3. The third kappa shape index (κ3) is 6.93. The molecule has 2 atom stereocenters. The number of hydrogen-bond acceptors (Lipinski definition) is 4. The molecule has 0 aromatic heterocycles. The quantitative estimate of drug-likeness (QED) is 0.322. The highest BCUT2D eigenvalue weighted by Gasteiger charge is 2.34. The van der Waals surface area contributed by atoms with Crippen LogP contribution in [0.15, 0.2) is 65.6 Å². The summed E-state index contributed by atoms with van der Waals surface area (Å²) in [7, 11) is -4.45. The Hall–Kier alpha value is -3.08. The zero-order valence-electron chi connectivity index (χ0n) is 21.2. The lowest BCUT2D eigenvalue weighted by atomic mass is 9.97. The van der Waals surface area contributed by atoms with Gasteiger partial charge >= 0.3 is 0 Å². The van der Waals surface area contributed by atoms with Crippen molar-refractivity contribution >= 4 is 33.2 Å². The van der Waals surface area contributed by atoms with Crippen LogP contribution >= 0.6 is 11.6 Å². The zero-order chi connectivity index (χ0) is 28.2. The Morgan fingerprint density at radius 3 is 2.46 bits per heavy atom. The first-order valence-electron chi connectivity index (χ1n) is 12.5. The second-order valence-corrected chi connectivity index (χ2v) is 11.6. The summed E-state index contributed by atoms with van der Waals surface area (Å²) < 4.78 is 77.5. The molecule has 1 saturated heterocycles. The van der Waals surface area contributed by atoms with Crippen molar-refractivity contribution in [3.8, 4) is 0 Å². The van der Waals surface area contributed by atoms with E-state index in [0.29, 0.717) is 29.3 Å². The normalized spacial score (nSPS) is 16.2. The summed E-state index contributed by atoms with van der Waals surface area (Å²) in [4.78, 5) is 12.3. The Balaban J connectivity index is 1.68. The molecule has 3 aromatic carbocycles. The Kier molecular flexibility index (Phi) is 9.19. The Morgan fingerprint density at radius 1 is 1.08 bits per heavy atom. The number of rotatable bonds is 10. The molecule has 39 heavy (non-hydrogen) atoms. The van der Waals surface area contributed by atoms with Crippen LogP contribution in [-0.4, -0.2) is 33.6 Å². The fraction of sp³-hybridized carbons (Fsp3) is 0.321. The largest absolute Gasteiger partial charge is 0.376 e. The molecular formula is C28H28ClF3N2O4S. The van der Waals surface area contributed by atoms with E-state index in [-0.39, 0.29) is 29.7 Å². The number of halogens is 4. The predicted molar refractivity (Wildman–Crippen MR) is 143 cm³/mol. The molecule has 1 amide bonds. The van der Waals surface area contributed by atoms with E-state index < -0.39 is 39.2 Å². The van der Waals surface area contributed by atoms with E-state index in [2.05, 4.69) is 5.32 Å². The first kappa shape index (κ1) is 28.9. The molecule has 4 rings (SSSR count). The smallest absolute Gasteiger partial charge is 0.264 e. The third-order valence-electron chi connectivity index (χ3n) is 6.60. The molecule has 0 bridgehead atoms. The van der Waals surface area contributed by atoms with E-state index in [1.165, 1.54) is 43.3 Å². The fourth-order valence-electron chi connectivity index (χ4n) is 4.62. The number of amides is 1. The van der Waals surface area contributed by atoms with Crippen molar-refractivity contribution in [2.24, 2.45) is 0 Å². The summed E-state index contributed by atoms with van der Waals surface area (Å²) in [6, 6.07) is 10.4. The van der Waals surface area contributed by atoms with Crippen molar-refractivity contribution in [1.82, 2.24) is 5.32 Å². The van der Waals surface area contributed by atoms with Gasteiger partial charge < -0.3 is 10.1 Å². The van der Waals surface area contributed by atoms with Crippen LogP contribution in [0.4, 0.5) is 18.9 Å². The Labute approximate surface area is 230 Å². The van der Waals surface area contributed by atoms with Crippen molar-refractivity contribution in [2.45, 2.75) is 49.6 Å². The van der Waals surface area contributed by atoms with Gasteiger partial charge in [0.1, 0.15) is 17.5 Å². The number of nitrogens with one attached hydrogen (secondary N) is 1. The van der Waals surface area contributed by atoms with E-state index in [1.807, 2.05) is 0 Å². The molecule has 1 aliphatic rings. The topological polar surface area (TPSA) is 75.7 Å². The number of hydrogen-bond donors (Lipinski definition) is 1. The van der Waals surface area contributed by atoms with Crippen LogP contribution in [0.25, 0.3) is 0 Å². The van der Waals surface area contributed by atoms with E-state index >= 15 is 4.39 Å². The molecule has 0 saturated carbocycles. The predicted octanol–water partition coefficient (Wildman–Crippen LogP) is 5.94. The van der Waals surface area contributed by atoms with E-state index in [9.17, 15) is 22.0 Å². The SMILES string of the molecule is C[C@H](c1ccc(F)cc1CCC(=O)NCC1CCCO1)N(c1cc(F)ccc1F)S(=O)(=O)c1ccc(Cl)cc1. The molecule has 1 N–H and O–H groups in total. The van der Waals surface area contributed by atoms with Gasteiger partial charge in [-0.25, -0.2) is 21.6 Å². The van der Waals surface area contributed by atoms with E-state index in [0.717, 1.165) is 41.4 Å². The number of benzene rings is 3. The summed E-state index contributed by atoms with van der Waals surface area (Å²) in [6.07, 6.45) is 1.86. The fourth-order valence-corrected chi connectivity index (χ4v) is 6.38. The molecule has 1 unspecified atom stereocenters. The highest BCUT2D eigenvalue weighted by molar-refractivity contribution is 7.92. The molecule has 1 aliphatic heterocycles. The molecule has 0 radical (unpaired) electrons. The van der Waals surface area contributed by atoms with Gasteiger partial charge in [-0.05, 0) is 85.8 Å². The molecule has 1 fully saturated rings. The minimum Gasteiger partial charge on any atom is -0.376 e. The summed E-state index contributed by atoms with van der Waals surface area (Å²) in [6.45, 7) is 2.52. The molecule has 0 aliphatic carbocycles. The van der Waals surface area contributed by atoms with Crippen LogP contribution in [0.2, 0.25) is 5.02 Å². The summed E-state index contributed by atoms with van der Waals surface area (Å²) in [5.74, 6) is -2.64. The van der Waals surface area contributed by atoms with Crippen LogP contribution < -0.4 is 9.62 Å². The van der Waals surface area contributed by atoms with Gasteiger partial charge in [-0.3, -0.25) is 9.10 Å². The van der Waals surface area contributed by atoms with Crippen molar-refractivity contribution in [3.05, 3.63) is 94.3 Å². The maximum Gasteiger partial charge on any atom is 0.264 e. The highest BCUT2D eigenvalue weighted by Crippen LogP contribution is 2.37. The number of ether oxygens (including phenoxy) is 1. The van der Waals surface area contributed by atoms with Crippen molar-refractivity contribution in [2.75, 3.05) is 17.5 Å². The van der Waals surface area contributed by atoms with Gasteiger partial charge in [-0.2, -0.15) is 0 Å². The lowest BCUT2D eigenvalue weighted by molar-refractivity contribution is -0.121. The van der Waals surface area contributed by atoms with Crippen LogP contribution in [0, 0.1) is 17.5 Å². The van der Waals surface area contributed by atoms with Gasteiger partial charge in [-0.1, -0.05) is 17.7 Å². The summed E-state index contributed by atoms with van der Waals surface area (Å²) >= 11 is 5.92. The average Bonchev–Trinajstić information content (AvgIpc) is 3.42. The minimum absolute atomic E-state index is 0.00809. The monoisotopic (exact) mass is 580 g/mol. The lowest BCUT2D eigenvalue weighted by Gasteiger charge is -2.32. The van der Waals surface area contributed by atoms with E-state index in [1.54, 1.807) is 0 Å². The second-order valence-electron chi connectivity index (χ2n) is 9.31. The number of nitrogens with zero attached hydrogens (tertiary/aromatic N) is 1. The molecule has 6 nitrogen and oxygen atoms in total. The maximum absolute atomic E-state index is 15.0. The van der Waals surface area contributed by atoms with Gasteiger partial charge in [0.15, 0.2) is 0 Å². The number of sulfonamides is 1. The molecular weight excluding hydrogens is 553 g/mol. The van der Waals surface area contributed by atoms with Gasteiger partial charge in [0.2, 0.25) is 5.91 Å². The molecule has 1 heterocycles. The summed E-state index contributed by atoms with van der Waals surface area (Å²) in [5, 5.41) is 3.10. The lowest BCUT2D eigenvalue weighted by Crippen LogP contribution is -2.35. The van der Waals surface area contributed by atoms with Gasteiger partial charge in [0, 0.05) is 30.7 Å². The first-order chi connectivity index (χ1) is 18.6. The molecule has 208 valence electrons. The number of aryl methyl sites for hydroxylation is 1. The van der Waals surface area contributed by atoms with Gasteiger partial charge in [0.25, 0.3) is 10.0 Å². The highest BCUT2D eigenvalue weighted by atomic mass is 35.5. The maximum atomic E-state index is 15.0. The van der Waals surface area contributed by atoms with Crippen LogP contribution in [0.3, 0.4) is 0 Å². The van der Waals surface area contributed by atoms with Crippen LogP contribution in [0.5, 0.6) is 0 Å². The standard InChI is InChI=1S/C28H28ClF3N2O4S/c1-18(25-11-7-21(30)15-19(25)4-13-28(35)33-17-23-3-2-14-38-23)34(27-16-22(31)8-12-26(27)32)39(36,37)24-9-5-20(29)6-10-24/h5-12,15-16,18,23H,2-4,13-14,17H2,1H3,(H,33,35)/t18-,23?/m1/s1. The summed E-state index contributed by atoms with van der Waals surface area (Å²) in [5.41, 5.74) is 0.189. The van der Waals surface area contributed by atoms with Crippen molar-refractivity contribution in [1.29, 1.82) is 0 Å². The zero-order valence-corrected chi connectivity index (χ0v) is 22.7. The number of carbonyl (C=O) groups excluding carboxylic acids is 1. The van der Waals surface area contributed by atoms with Crippen LogP contribution in [-0.2, 0) is 26.0 Å². The van der Waals surface area contributed by atoms with Gasteiger partial charge in [0.05, 0.1) is 22.7 Å². The number of carbonyl (C=O) groups is 1. The van der Waals surface area contributed by atoms with Crippen molar-refractivity contribution < 1.29 is 31.1 Å². The number of anilines is 1. The van der Waals surface area contributed by atoms with Gasteiger partial charge in [-0.15, -0.1) is 0 Å². The Bertz CT molecular complexity index is 1430. The molecule has 3 aromatic rings. The molecule has 11 heteroatoms. The van der Waals surface area contributed by atoms with Crippen LogP contribution in [0.1, 0.15) is 43.4 Å². The second kappa shape index (κ2) is 12.4. The van der Waals surface area contributed by atoms with Crippen molar-refractivity contribution in [3.63, 3.8) is 0 Å². The Morgan fingerprint density at radius 2 is 1.77 bits per heavy atom. The van der Waals surface area contributed by atoms with E-state index in [4.69, 9.17) is 16.3 Å². The minimum atomic E-state index is -4.45. The average molecular weight is 581 g/mol.